The number of aromatic nitrogens is 1. The molecule has 0 unspecified atom stereocenters. The van der Waals surface area contributed by atoms with Crippen LogP contribution in [0.15, 0.2) is 67.0 Å². The molecule has 0 atom stereocenters. The molecular weight excluding hydrogens is 435 g/mol. The molecule has 8 heteroatoms. The number of ether oxygens (including phenoxy) is 1. The number of carbonyl (C=O) groups is 2. The molecule has 1 aromatic heterocycles. The molecule has 1 fully saturated rings. The number of carbonyl (C=O) groups excluding carboxylic acids is 2. The van der Waals surface area contributed by atoms with Crippen molar-refractivity contribution in [2.75, 3.05) is 25.5 Å². The summed E-state index contributed by atoms with van der Waals surface area (Å²) in [5, 5.41) is 5.89. The molecule has 0 spiro atoms. The van der Waals surface area contributed by atoms with Crippen LogP contribution in [-0.2, 0) is 6.54 Å². The van der Waals surface area contributed by atoms with Gasteiger partial charge >= 0.3 is 0 Å². The lowest BCUT2D eigenvalue weighted by Crippen LogP contribution is -2.44. The zero-order valence-electron chi connectivity index (χ0n) is 19.0. The van der Waals surface area contributed by atoms with E-state index in [1.807, 2.05) is 6.07 Å². The van der Waals surface area contributed by atoms with Crippen molar-refractivity contribution in [3.05, 3.63) is 89.5 Å². The predicted molar refractivity (Wildman–Crippen MR) is 127 cm³/mol. The van der Waals surface area contributed by atoms with Gasteiger partial charge in [0.25, 0.3) is 11.8 Å². The van der Waals surface area contributed by atoms with E-state index in [4.69, 9.17) is 4.74 Å². The highest BCUT2D eigenvalue weighted by atomic mass is 19.1. The summed E-state index contributed by atoms with van der Waals surface area (Å²) >= 11 is 0. The van der Waals surface area contributed by atoms with Crippen molar-refractivity contribution >= 4 is 17.5 Å². The van der Waals surface area contributed by atoms with E-state index in [-0.39, 0.29) is 29.4 Å². The van der Waals surface area contributed by atoms with Crippen molar-refractivity contribution in [3.8, 4) is 5.75 Å². The van der Waals surface area contributed by atoms with Crippen LogP contribution in [0.4, 0.5) is 10.1 Å². The molecule has 2 aromatic carbocycles. The minimum atomic E-state index is -0.360. The Morgan fingerprint density at radius 2 is 1.85 bits per heavy atom. The van der Waals surface area contributed by atoms with Gasteiger partial charge in [-0.2, -0.15) is 0 Å². The molecule has 3 aromatic rings. The average molecular weight is 463 g/mol. The zero-order valence-corrected chi connectivity index (χ0v) is 19.0. The van der Waals surface area contributed by atoms with E-state index in [0.29, 0.717) is 23.4 Å². The molecular formula is C26H27FN4O3. The molecule has 0 bridgehead atoms. The van der Waals surface area contributed by atoms with E-state index < -0.39 is 0 Å². The van der Waals surface area contributed by atoms with Crippen molar-refractivity contribution in [1.29, 1.82) is 0 Å². The lowest BCUT2D eigenvalue weighted by molar-refractivity contribution is 0.0908. The lowest BCUT2D eigenvalue weighted by atomic mass is 10.0. The number of likely N-dealkylation sites (tertiary alicyclic amines) is 1. The van der Waals surface area contributed by atoms with Crippen molar-refractivity contribution in [2.45, 2.75) is 25.4 Å². The highest BCUT2D eigenvalue weighted by molar-refractivity contribution is 6.04. The van der Waals surface area contributed by atoms with Crippen LogP contribution in [0.25, 0.3) is 0 Å². The molecule has 1 saturated heterocycles. The summed E-state index contributed by atoms with van der Waals surface area (Å²) in [6.45, 7) is 2.26. The third-order valence-electron chi connectivity index (χ3n) is 5.85. The Labute approximate surface area is 198 Å². The fourth-order valence-electron chi connectivity index (χ4n) is 4.01. The lowest BCUT2D eigenvalue weighted by Gasteiger charge is -2.32. The highest BCUT2D eigenvalue weighted by Gasteiger charge is 2.22. The normalized spacial score (nSPS) is 14.4. The van der Waals surface area contributed by atoms with Crippen LogP contribution >= 0.6 is 0 Å². The maximum atomic E-state index is 13.9. The number of hydrogen-bond acceptors (Lipinski definition) is 5. The van der Waals surface area contributed by atoms with Gasteiger partial charge in [-0.1, -0.05) is 12.1 Å². The fraction of sp³-hybridized carbons (Fsp3) is 0.269. The number of rotatable bonds is 7. The summed E-state index contributed by atoms with van der Waals surface area (Å²) in [6.07, 6.45) is 4.71. The number of benzene rings is 2. The molecule has 1 aliphatic heterocycles. The second-order valence-corrected chi connectivity index (χ2v) is 8.27. The zero-order chi connectivity index (χ0) is 23.9. The molecule has 2 heterocycles. The topological polar surface area (TPSA) is 83.6 Å². The number of anilines is 1. The number of nitrogens with one attached hydrogen (secondary N) is 2. The van der Waals surface area contributed by atoms with Gasteiger partial charge in [-0.15, -0.1) is 0 Å². The summed E-state index contributed by atoms with van der Waals surface area (Å²) in [7, 11) is 1.45. The van der Waals surface area contributed by atoms with Crippen LogP contribution in [-0.4, -0.2) is 47.9 Å². The highest BCUT2D eigenvalue weighted by Crippen LogP contribution is 2.21. The van der Waals surface area contributed by atoms with E-state index in [2.05, 4.69) is 20.5 Å². The first kappa shape index (κ1) is 23.4. The van der Waals surface area contributed by atoms with Crippen LogP contribution < -0.4 is 15.4 Å². The van der Waals surface area contributed by atoms with Crippen LogP contribution in [0.1, 0.15) is 39.1 Å². The van der Waals surface area contributed by atoms with E-state index >= 15 is 0 Å². The average Bonchev–Trinajstić information content (AvgIpc) is 2.86. The second kappa shape index (κ2) is 10.9. The molecule has 0 saturated carbocycles. The first-order valence-corrected chi connectivity index (χ1v) is 11.2. The molecule has 176 valence electrons. The molecule has 1 aliphatic rings. The molecule has 7 nitrogen and oxygen atoms in total. The number of piperidine rings is 1. The maximum absolute atomic E-state index is 13.9. The van der Waals surface area contributed by atoms with E-state index in [9.17, 15) is 14.0 Å². The third kappa shape index (κ3) is 5.96. The quantitative estimate of drug-likeness (QED) is 0.557. The summed E-state index contributed by atoms with van der Waals surface area (Å²) in [4.78, 5) is 31.3. The van der Waals surface area contributed by atoms with Gasteiger partial charge in [0.05, 0.1) is 12.7 Å². The Hall–Kier alpha value is -3.78. The Kier molecular flexibility index (Phi) is 7.49. The summed E-state index contributed by atoms with van der Waals surface area (Å²) in [5.41, 5.74) is 2.37. The minimum absolute atomic E-state index is 0.0602. The van der Waals surface area contributed by atoms with Crippen LogP contribution in [0.5, 0.6) is 5.75 Å². The Balaban J connectivity index is 1.28. The Morgan fingerprint density at radius 1 is 1.06 bits per heavy atom. The SMILES string of the molecule is COc1ccc(CN2CCC(NC(=O)c3cccc(NC(=O)c4cccnc4)c3)CC2)cc1F. The number of methoxy groups -OCH3 is 1. The van der Waals surface area contributed by atoms with Gasteiger partial charge in [-0.05, 0) is 60.9 Å². The fourth-order valence-corrected chi connectivity index (χ4v) is 4.01. The summed E-state index contributed by atoms with van der Waals surface area (Å²) < 4.78 is 18.9. The first-order valence-electron chi connectivity index (χ1n) is 11.2. The van der Waals surface area contributed by atoms with E-state index in [1.165, 1.54) is 19.4 Å². The first-order chi connectivity index (χ1) is 16.5. The number of pyridine rings is 1. The van der Waals surface area contributed by atoms with Crippen LogP contribution in [0, 0.1) is 5.82 Å². The standard InChI is InChI=1S/C26H27FN4O3/c1-34-24-8-7-18(14-23(24)27)17-31-12-9-21(10-13-31)29-25(32)19-4-2-6-22(15-19)30-26(33)20-5-3-11-28-16-20/h2-8,11,14-16,21H,9-10,12-13,17H2,1H3,(H,29,32)(H,30,33). The predicted octanol–water partition coefficient (Wildman–Crippen LogP) is 3.88. The Morgan fingerprint density at radius 3 is 2.56 bits per heavy atom. The molecule has 2 amide bonds. The van der Waals surface area contributed by atoms with Gasteiger partial charge in [0.15, 0.2) is 11.6 Å². The molecule has 4 rings (SSSR count). The van der Waals surface area contributed by atoms with Crippen LogP contribution in [0.2, 0.25) is 0 Å². The van der Waals surface area contributed by atoms with Gasteiger partial charge in [0.1, 0.15) is 0 Å². The van der Waals surface area contributed by atoms with Crippen molar-refractivity contribution < 1.29 is 18.7 Å². The van der Waals surface area contributed by atoms with Gasteiger partial charge in [0, 0.05) is 49.3 Å². The van der Waals surface area contributed by atoms with Crippen molar-refractivity contribution in [3.63, 3.8) is 0 Å². The van der Waals surface area contributed by atoms with E-state index in [0.717, 1.165) is 31.5 Å². The monoisotopic (exact) mass is 462 g/mol. The number of nitrogens with zero attached hydrogens (tertiary/aromatic N) is 2. The summed E-state index contributed by atoms with van der Waals surface area (Å²) in [5.74, 6) is -0.574. The number of hydrogen-bond donors (Lipinski definition) is 2. The van der Waals surface area contributed by atoms with Gasteiger partial charge < -0.3 is 15.4 Å². The smallest absolute Gasteiger partial charge is 0.257 e. The third-order valence-corrected chi connectivity index (χ3v) is 5.85. The van der Waals surface area contributed by atoms with Gasteiger partial charge in [-0.3, -0.25) is 19.5 Å². The number of amides is 2. The number of halogens is 1. The summed E-state index contributed by atoms with van der Waals surface area (Å²) in [6, 6.07) is 15.3. The molecule has 34 heavy (non-hydrogen) atoms. The van der Waals surface area contributed by atoms with Crippen molar-refractivity contribution in [1.82, 2.24) is 15.2 Å². The molecule has 0 radical (unpaired) electrons. The minimum Gasteiger partial charge on any atom is -0.494 e. The van der Waals surface area contributed by atoms with Gasteiger partial charge in [0.2, 0.25) is 0 Å². The largest absolute Gasteiger partial charge is 0.494 e. The van der Waals surface area contributed by atoms with Crippen molar-refractivity contribution in [2.24, 2.45) is 0 Å². The molecule has 2 N–H and O–H groups in total. The Bertz CT molecular complexity index is 1150. The maximum Gasteiger partial charge on any atom is 0.257 e. The second-order valence-electron chi connectivity index (χ2n) is 8.27. The van der Waals surface area contributed by atoms with Gasteiger partial charge in [-0.25, -0.2) is 4.39 Å². The van der Waals surface area contributed by atoms with E-state index in [1.54, 1.807) is 48.7 Å². The van der Waals surface area contributed by atoms with Crippen LogP contribution in [0.3, 0.4) is 0 Å². The molecule has 0 aliphatic carbocycles.